The predicted octanol–water partition coefficient (Wildman–Crippen LogP) is 7.15. The Bertz CT molecular complexity index is 1190. The molecule has 0 amide bonds. The monoisotopic (exact) mass is 433 g/mol. The molecule has 1 aliphatic carbocycles. The molecular weight excluding hydrogens is 402 g/mol. The van der Waals surface area contributed by atoms with Crippen molar-refractivity contribution in [3.05, 3.63) is 119 Å². The minimum atomic E-state index is -0.0134. The zero-order chi connectivity index (χ0) is 22.8. The van der Waals surface area contributed by atoms with E-state index in [2.05, 4.69) is 128 Å². The van der Waals surface area contributed by atoms with E-state index in [0.29, 0.717) is 0 Å². The summed E-state index contributed by atoms with van der Waals surface area (Å²) >= 11 is 0. The molecule has 1 unspecified atom stereocenters. The summed E-state index contributed by atoms with van der Waals surface area (Å²) in [4.78, 5) is 2.37. The van der Waals surface area contributed by atoms with Gasteiger partial charge in [-0.1, -0.05) is 112 Å². The average Bonchev–Trinajstić information content (AvgIpc) is 3.30. The van der Waals surface area contributed by atoms with E-state index in [-0.39, 0.29) is 11.6 Å². The summed E-state index contributed by atoms with van der Waals surface area (Å²) in [6.45, 7) is 6.75. The lowest BCUT2D eigenvalue weighted by Crippen LogP contribution is -2.33. The van der Waals surface area contributed by atoms with Crippen molar-refractivity contribution in [1.82, 2.24) is 10.3 Å². The van der Waals surface area contributed by atoms with Crippen LogP contribution in [0.15, 0.2) is 108 Å². The molecule has 33 heavy (non-hydrogen) atoms. The van der Waals surface area contributed by atoms with E-state index in [1.807, 2.05) is 0 Å². The number of hydrogen-bond donors (Lipinski definition) is 1. The van der Waals surface area contributed by atoms with Crippen LogP contribution in [0.2, 0.25) is 0 Å². The van der Waals surface area contributed by atoms with Crippen molar-refractivity contribution in [3.8, 4) is 11.1 Å². The van der Waals surface area contributed by atoms with Crippen LogP contribution in [0.3, 0.4) is 0 Å². The highest BCUT2D eigenvalue weighted by Gasteiger charge is 2.32. The fourth-order valence-corrected chi connectivity index (χ4v) is 4.48. The maximum absolute atomic E-state index is 4.82. The molecule has 2 aliphatic rings. The van der Waals surface area contributed by atoms with Crippen LogP contribution < -0.4 is 5.43 Å². The van der Waals surface area contributed by atoms with E-state index < -0.39 is 0 Å². The number of nitrogens with zero attached hydrogens (tertiary/aromatic N) is 2. The zero-order valence-corrected chi connectivity index (χ0v) is 19.6. The first-order chi connectivity index (χ1) is 16.0. The van der Waals surface area contributed by atoms with Crippen molar-refractivity contribution in [1.29, 1.82) is 0 Å². The number of hydrazone groups is 1. The van der Waals surface area contributed by atoms with E-state index in [1.54, 1.807) is 0 Å². The molecule has 0 fully saturated rings. The highest BCUT2D eigenvalue weighted by atomic mass is 15.5. The molecule has 0 bridgehead atoms. The smallest absolute Gasteiger partial charge is 0.162 e. The zero-order valence-electron chi connectivity index (χ0n) is 19.6. The molecule has 1 heterocycles. The molecule has 0 radical (unpaired) electrons. The van der Waals surface area contributed by atoms with Crippen LogP contribution in [0.4, 0.5) is 0 Å². The number of rotatable bonds is 4. The van der Waals surface area contributed by atoms with Crippen molar-refractivity contribution in [2.75, 3.05) is 0 Å². The molecule has 1 aliphatic heterocycles. The molecule has 5 rings (SSSR count). The number of amidine groups is 1. The Morgan fingerprint density at radius 3 is 2.12 bits per heavy atom. The van der Waals surface area contributed by atoms with Crippen molar-refractivity contribution in [2.24, 2.45) is 5.10 Å². The summed E-state index contributed by atoms with van der Waals surface area (Å²) < 4.78 is 0. The van der Waals surface area contributed by atoms with Crippen LogP contribution in [-0.4, -0.2) is 10.7 Å². The number of benzene rings is 3. The van der Waals surface area contributed by atoms with E-state index in [0.717, 1.165) is 24.2 Å². The molecule has 3 heteroatoms. The van der Waals surface area contributed by atoms with Crippen LogP contribution in [0, 0.1) is 0 Å². The van der Waals surface area contributed by atoms with Crippen LogP contribution in [0.5, 0.6) is 0 Å². The van der Waals surface area contributed by atoms with Gasteiger partial charge in [0.1, 0.15) is 6.17 Å². The summed E-state index contributed by atoms with van der Waals surface area (Å²) in [7, 11) is 0. The quantitative estimate of drug-likeness (QED) is 0.473. The van der Waals surface area contributed by atoms with Gasteiger partial charge in [-0.05, 0) is 46.6 Å². The number of allylic oxidation sites excluding steroid dienone is 4. The summed E-state index contributed by atoms with van der Waals surface area (Å²) in [6, 6.07) is 28.2. The fourth-order valence-electron chi connectivity index (χ4n) is 4.48. The second-order valence-electron chi connectivity index (χ2n) is 9.78. The lowest BCUT2D eigenvalue weighted by molar-refractivity contribution is 0.355. The van der Waals surface area contributed by atoms with Gasteiger partial charge in [-0.25, -0.2) is 0 Å². The molecule has 3 aromatic rings. The average molecular weight is 434 g/mol. The number of hydrogen-bond acceptors (Lipinski definition) is 3. The van der Waals surface area contributed by atoms with Gasteiger partial charge in [0.15, 0.2) is 5.84 Å². The Kier molecular flexibility index (Phi) is 5.63. The standard InChI is InChI=1S/C30H31N3/c1-30(2,3)26-20-18-25(19-21-26)29-32-31-28(33(29)27-12-8-5-9-13-27)24-16-14-23(15-17-24)22-10-6-4-7-11-22/h4-8,10-12,14-21,29,32H,9,13H2,1-3H3. The molecule has 166 valence electrons. The van der Waals surface area contributed by atoms with E-state index >= 15 is 0 Å². The Labute approximate surface area is 197 Å². The maximum Gasteiger partial charge on any atom is 0.162 e. The molecule has 0 aromatic heterocycles. The van der Waals surface area contributed by atoms with Crippen LogP contribution in [0.25, 0.3) is 11.1 Å². The summed E-state index contributed by atoms with van der Waals surface area (Å²) in [6.07, 6.45) is 8.66. The Balaban J connectivity index is 1.47. The lowest BCUT2D eigenvalue weighted by atomic mass is 9.86. The Morgan fingerprint density at radius 2 is 1.48 bits per heavy atom. The van der Waals surface area contributed by atoms with Gasteiger partial charge >= 0.3 is 0 Å². The normalized spacial score (nSPS) is 18.0. The topological polar surface area (TPSA) is 27.6 Å². The fraction of sp³-hybridized carbons (Fsp3) is 0.233. The van der Waals surface area contributed by atoms with Gasteiger partial charge in [0, 0.05) is 11.3 Å². The molecule has 1 N–H and O–H groups in total. The van der Waals surface area contributed by atoms with Gasteiger partial charge in [-0.15, -0.1) is 0 Å². The third-order valence-electron chi connectivity index (χ3n) is 6.42. The highest BCUT2D eigenvalue weighted by Crippen LogP contribution is 2.34. The second kappa shape index (κ2) is 8.74. The van der Waals surface area contributed by atoms with Crippen LogP contribution in [-0.2, 0) is 5.41 Å². The first kappa shape index (κ1) is 21.3. The lowest BCUT2D eigenvalue weighted by Gasteiger charge is -2.31. The molecule has 0 saturated heterocycles. The Morgan fingerprint density at radius 1 is 0.818 bits per heavy atom. The van der Waals surface area contributed by atoms with Gasteiger partial charge in [0.05, 0.1) is 0 Å². The molecule has 0 saturated carbocycles. The molecule has 0 spiro atoms. The van der Waals surface area contributed by atoms with Gasteiger partial charge in [0.25, 0.3) is 0 Å². The predicted molar refractivity (Wildman–Crippen MR) is 138 cm³/mol. The van der Waals surface area contributed by atoms with Gasteiger partial charge in [0.2, 0.25) is 0 Å². The van der Waals surface area contributed by atoms with Crippen molar-refractivity contribution < 1.29 is 0 Å². The minimum Gasteiger partial charge on any atom is -0.302 e. The number of nitrogens with one attached hydrogen (secondary N) is 1. The first-order valence-corrected chi connectivity index (χ1v) is 11.8. The Hall–Kier alpha value is -3.59. The SMILES string of the molecule is CC(C)(C)c1ccc(C2NN=C(c3ccc(-c4ccccc4)cc3)N2C2=CC=CCC2)cc1. The van der Waals surface area contributed by atoms with Gasteiger partial charge in [-0.3, -0.25) is 5.43 Å². The van der Waals surface area contributed by atoms with Crippen LogP contribution >= 0.6 is 0 Å². The van der Waals surface area contributed by atoms with Crippen LogP contribution in [0.1, 0.15) is 56.5 Å². The van der Waals surface area contributed by atoms with E-state index in [9.17, 15) is 0 Å². The van der Waals surface area contributed by atoms with Gasteiger partial charge in [-0.2, -0.15) is 5.10 Å². The second-order valence-corrected chi connectivity index (χ2v) is 9.78. The first-order valence-electron chi connectivity index (χ1n) is 11.8. The van der Waals surface area contributed by atoms with Crippen molar-refractivity contribution in [3.63, 3.8) is 0 Å². The third kappa shape index (κ3) is 4.36. The van der Waals surface area contributed by atoms with Crippen molar-refractivity contribution in [2.45, 2.75) is 45.2 Å². The maximum atomic E-state index is 4.82. The minimum absolute atomic E-state index is 0.0134. The van der Waals surface area contributed by atoms with Crippen molar-refractivity contribution >= 4 is 5.84 Å². The molecular formula is C30H31N3. The largest absolute Gasteiger partial charge is 0.302 e. The van der Waals surface area contributed by atoms with E-state index in [1.165, 1.54) is 28.0 Å². The molecule has 3 nitrogen and oxygen atoms in total. The van der Waals surface area contributed by atoms with Gasteiger partial charge < -0.3 is 4.90 Å². The third-order valence-corrected chi connectivity index (χ3v) is 6.42. The molecule has 1 atom stereocenters. The summed E-state index contributed by atoms with van der Waals surface area (Å²) in [5.74, 6) is 0.973. The summed E-state index contributed by atoms with van der Waals surface area (Å²) in [5, 5.41) is 4.82. The molecule has 3 aromatic carbocycles. The highest BCUT2D eigenvalue weighted by molar-refractivity contribution is 6.01. The van der Waals surface area contributed by atoms with E-state index in [4.69, 9.17) is 5.10 Å². The summed E-state index contributed by atoms with van der Waals surface area (Å²) in [5.41, 5.74) is 11.0.